The molecule has 0 radical (unpaired) electrons. The van der Waals surface area contributed by atoms with E-state index in [0.717, 1.165) is 50.0 Å². The van der Waals surface area contributed by atoms with E-state index in [2.05, 4.69) is 32.7 Å². The summed E-state index contributed by atoms with van der Waals surface area (Å²) in [6.45, 7) is 4.64. The maximum atomic E-state index is 12.1. The van der Waals surface area contributed by atoms with Crippen LogP contribution in [0.5, 0.6) is 0 Å². The minimum absolute atomic E-state index is 0.0110. The summed E-state index contributed by atoms with van der Waals surface area (Å²) in [7, 11) is 0. The van der Waals surface area contributed by atoms with Gasteiger partial charge >= 0.3 is 0 Å². The number of carbonyl (C=O) groups is 2. The number of nitrogens with one attached hydrogen (secondary N) is 2. The van der Waals surface area contributed by atoms with E-state index in [1.54, 1.807) is 11.3 Å². The first-order valence-electron chi connectivity index (χ1n) is 9.50. The van der Waals surface area contributed by atoms with Gasteiger partial charge in [-0.2, -0.15) is 0 Å². The number of amides is 2. The summed E-state index contributed by atoms with van der Waals surface area (Å²) in [4.78, 5) is 30.7. The van der Waals surface area contributed by atoms with Crippen molar-refractivity contribution in [3.8, 4) is 0 Å². The highest BCUT2D eigenvalue weighted by molar-refractivity contribution is 7.09. The number of carbonyl (C=O) groups excluding carboxylic acids is 2. The predicted octanol–water partition coefficient (Wildman–Crippen LogP) is 0.841. The number of nitrogens with zero attached hydrogens (tertiary/aromatic N) is 2. The number of benzene rings is 1. The molecule has 1 saturated heterocycles. The molecule has 28 heavy (non-hydrogen) atoms. The normalized spacial score (nSPS) is 14.6. The van der Waals surface area contributed by atoms with Crippen LogP contribution >= 0.6 is 11.3 Å². The number of morpholine rings is 1. The molecule has 1 aliphatic rings. The zero-order valence-electron chi connectivity index (χ0n) is 15.9. The van der Waals surface area contributed by atoms with Crippen molar-refractivity contribution in [1.29, 1.82) is 0 Å². The Morgan fingerprint density at radius 3 is 2.68 bits per heavy atom. The van der Waals surface area contributed by atoms with Crippen molar-refractivity contribution in [2.75, 3.05) is 45.9 Å². The average Bonchev–Trinajstić information content (AvgIpc) is 3.14. The molecule has 0 bridgehead atoms. The van der Waals surface area contributed by atoms with Gasteiger partial charge < -0.3 is 15.4 Å². The van der Waals surface area contributed by atoms with Crippen molar-refractivity contribution in [2.45, 2.75) is 12.8 Å². The molecule has 7 nitrogen and oxygen atoms in total. The number of hydrogen-bond donors (Lipinski definition) is 2. The van der Waals surface area contributed by atoms with Crippen molar-refractivity contribution >= 4 is 23.2 Å². The summed E-state index contributed by atoms with van der Waals surface area (Å²) in [5.74, 6) is -0.371. The first-order chi connectivity index (χ1) is 13.7. The van der Waals surface area contributed by atoms with Crippen molar-refractivity contribution in [2.24, 2.45) is 0 Å². The molecule has 0 atom stereocenters. The Labute approximate surface area is 169 Å². The summed E-state index contributed by atoms with van der Waals surface area (Å²) >= 11 is 1.55. The van der Waals surface area contributed by atoms with Gasteiger partial charge in [0.15, 0.2) is 0 Å². The number of aromatic nitrogens is 1. The van der Waals surface area contributed by atoms with Crippen molar-refractivity contribution in [1.82, 2.24) is 20.5 Å². The van der Waals surface area contributed by atoms with E-state index >= 15 is 0 Å². The SMILES string of the molecule is O=C(CNC(=O)Cc1csc(Cc2ccccc2)n1)NCCN1CCOCC1. The van der Waals surface area contributed by atoms with Gasteiger partial charge in [0.1, 0.15) is 0 Å². The fourth-order valence-corrected chi connectivity index (χ4v) is 3.76. The Hall–Kier alpha value is -2.29. The molecule has 1 fully saturated rings. The third-order valence-electron chi connectivity index (χ3n) is 4.44. The second-order valence-corrected chi connectivity index (χ2v) is 7.60. The van der Waals surface area contributed by atoms with Crippen LogP contribution in [0.2, 0.25) is 0 Å². The van der Waals surface area contributed by atoms with E-state index in [9.17, 15) is 9.59 Å². The van der Waals surface area contributed by atoms with Crippen LogP contribution < -0.4 is 10.6 Å². The van der Waals surface area contributed by atoms with E-state index in [1.165, 1.54) is 5.56 Å². The number of rotatable bonds is 9. The van der Waals surface area contributed by atoms with Gasteiger partial charge in [-0.3, -0.25) is 14.5 Å². The van der Waals surface area contributed by atoms with Crippen LogP contribution in [-0.4, -0.2) is 67.6 Å². The monoisotopic (exact) mass is 402 g/mol. The second-order valence-electron chi connectivity index (χ2n) is 6.65. The Balaban J connectivity index is 1.32. The third kappa shape index (κ3) is 7.03. The maximum absolute atomic E-state index is 12.1. The fourth-order valence-electron chi connectivity index (χ4n) is 2.93. The van der Waals surface area contributed by atoms with Gasteiger partial charge in [-0.1, -0.05) is 30.3 Å². The maximum Gasteiger partial charge on any atom is 0.239 e. The average molecular weight is 403 g/mol. The summed E-state index contributed by atoms with van der Waals surface area (Å²) in [6, 6.07) is 10.1. The zero-order valence-corrected chi connectivity index (χ0v) is 16.7. The van der Waals surface area contributed by atoms with E-state index in [4.69, 9.17) is 4.74 Å². The third-order valence-corrected chi connectivity index (χ3v) is 5.34. The quantitative estimate of drug-likeness (QED) is 0.650. The minimum atomic E-state index is -0.195. The smallest absolute Gasteiger partial charge is 0.239 e. The van der Waals surface area contributed by atoms with E-state index in [0.29, 0.717) is 6.54 Å². The summed E-state index contributed by atoms with van der Waals surface area (Å²) < 4.78 is 5.29. The number of hydrogen-bond acceptors (Lipinski definition) is 6. The van der Waals surface area contributed by atoms with Crippen LogP contribution in [-0.2, 0) is 27.2 Å². The van der Waals surface area contributed by atoms with Crippen LogP contribution in [0, 0.1) is 0 Å². The lowest BCUT2D eigenvalue weighted by molar-refractivity contribution is -0.125. The van der Waals surface area contributed by atoms with Gasteiger partial charge in [0.25, 0.3) is 0 Å². The van der Waals surface area contributed by atoms with Gasteiger partial charge in [0.05, 0.1) is 36.9 Å². The fraction of sp³-hybridized carbons (Fsp3) is 0.450. The Morgan fingerprint density at radius 2 is 1.89 bits per heavy atom. The molecule has 2 N–H and O–H groups in total. The standard InChI is InChI=1S/C20H26N4O3S/c25-18(22-14-19(26)21-6-7-24-8-10-27-11-9-24)13-17-15-28-20(23-17)12-16-4-2-1-3-5-16/h1-5,15H,6-14H2,(H,21,26)(H,22,25). The molecule has 0 spiro atoms. The van der Waals surface area contributed by atoms with Crippen molar-refractivity contribution in [3.63, 3.8) is 0 Å². The summed E-state index contributed by atoms with van der Waals surface area (Å²) in [5.41, 5.74) is 1.93. The van der Waals surface area contributed by atoms with E-state index in [-0.39, 0.29) is 24.8 Å². The first-order valence-corrected chi connectivity index (χ1v) is 10.4. The van der Waals surface area contributed by atoms with Gasteiger partial charge in [0, 0.05) is 38.0 Å². The second kappa shape index (κ2) is 10.9. The van der Waals surface area contributed by atoms with Crippen molar-refractivity contribution < 1.29 is 14.3 Å². The van der Waals surface area contributed by atoms with Crippen LogP contribution in [0.1, 0.15) is 16.3 Å². The van der Waals surface area contributed by atoms with Crippen LogP contribution in [0.15, 0.2) is 35.7 Å². The minimum Gasteiger partial charge on any atom is -0.379 e. The van der Waals surface area contributed by atoms with Gasteiger partial charge in [-0.25, -0.2) is 4.98 Å². The molecular weight excluding hydrogens is 376 g/mol. The first kappa shape index (κ1) is 20.4. The molecule has 0 unspecified atom stereocenters. The summed E-state index contributed by atoms with van der Waals surface area (Å²) in [6.07, 6.45) is 0.949. The largest absolute Gasteiger partial charge is 0.379 e. The highest BCUT2D eigenvalue weighted by atomic mass is 32.1. The lowest BCUT2D eigenvalue weighted by atomic mass is 10.2. The zero-order chi connectivity index (χ0) is 19.6. The molecule has 150 valence electrons. The van der Waals surface area contributed by atoms with Crippen LogP contribution in [0.4, 0.5) is 0 Å². The molecule has 3 rings (SSSR count). The lowest BCUT2D eigenvalue weighted by Gasteiger charge is -2.26. The molecule has 8 heteroatoms. The molecule has 1 aromatic heterocycles. The number of ether oxygens (including phenoxy) is 1. The molecule has 2 aromatic rings. The van der Waals surface area contributed by atoms with E-state index < -0.39 is 0 Å². The number of thiazole rings is 1. The van der Waals surface area contributed by atoms with Crippen LogP contribution in [0.25, 0.3) is 0 Å². The Bertz CT molecular complexity index is 760. The van der Waals surface area contributed by atoms with Crippen molar-refractivity contribution in [3.05, 3.63) is 52.0 Å². The molecule has 2 amide bonds. The molecule has 0 aliphatic carbocycles. The highest BCUT2D eigenvalue weighted by Crippen LogP contribution is 2.15. The Kier molecular flexibility index (Phi) is 7.95. The molecule has 1 aliphatic heterocycles. The van der Waals surface area contributed by atoms with Gasteiger partial charge in [-0.15, -0.1) is 11.3 Å². The van der Waals surface area contributed by atoms with Gasteiger partial charge in [0.2, 0.25) is 11.8 Å². The topological polar surface area (TPSA) is 83.6 Å². The summed E-state index contributed by atoms with van der Waals surface area (Å²) in [5, 5.41) is 8.37. The van der Waals surface area contributed by atoms with Crippen LogP contribution in [0.3, 0.4) is 0 Å². The van der Waals surface area contributed by atoms with E-state index in [1.807, 2.05) is 23.6 Å². The highest BCUT2D eigenvalue weighted by Gasteiger charge is 2.12. The molecule has 2 heterocycles. The molecular formula is C20H26N4O3S. The lowest BCUT2D eigenvalue weighted by Crippen LogP contribution is -2.43. The Morgan fingerprint density at radius 1 is 1.11 bits per heavy atom. The van der Waals surface area contributed by atoms with Gasteiger partial charge in [-0.05, 0) is 5.56 Å². The predicted molar refractivity (Wildman–Crippen MR) is 108 cm³/mol. The molecule has 1 aromatic carbocycles. The molecule has 0 saturated carbocycles.